The second-order valence-electron chi connectivity index (χ2n) is 1.45. The van der Waals surface area contributed by atoms with Crippen molar-refractivity contribution >= 4 is 22.6 Å². The van der Waals surface area contributed by atoms with Crippen molar-refractivity contribution in [3.63, 3.8) is 0 Å². The summed E-state index contributed by atoms with van der Waals surface area (Å²) >= 11 is 2.07. The van der Waals surface area contributed by atoms with Gasteiger partial charge in [0.15, 0.2) is 0 Å². The van der Waals surface area contributed by atoms with Gasteiger partial charge in [-0.25, -0.2) is 0 Å². The molecule has 2 heteroatoms. The van der Waals surface area contributed by atoms with Gasteiger partial charge in [0.1, 0.15) is 5.75 Å². The first-order chi connectivity index (χ1) is 3.80. The maximum absolute atomic E-state index is 8.91. The van der Waals surface area contributed by atoms with Crippen LogP contribution in [-0.2, 0) is 0 Å². The van der Waals surface area contributed by atoms with Gasteiger partial charge in [0, 0.05) is 0 Å². The van der Waals surface area contributed by atoms with E-state index < -0.39 is 0 Å². The van der Waals surface area contributed by atoms with Crippen molar-refractivity contribution in [1.29, 1.82) is 0 Å². The maximum Gasteiger partial charge on any atom is 0.128 e. The molecule has 0 aliphatic rings. The molecule has 0 spiro atoms. The van der Waals surface area contributed by atoms with Gasteiger partial charge in [0.05, 0.1) is 3.57 Å². The molecule has 0 bridgehead atoms. The highest BCUT2D eigenvalue weighted by molar-refractivity contribution is 14.1. The van der Waals surface area contributed by atoms with Gasteiger partial charge in [-0.15, -0.1) is 0 Å². The van der Waals surface area contributed by atoms with Crippen LogP contribution in [0.1, 0.15) is 0 Å². The number of phenols is 1. The van der Waals surface area contributed by atoms with Crippen molar-refractivity contribution in [1.82, 2.24) is 0 Å². The molecule has 1 aromatic rings. The highest BCUT2D eigenvalue weighted by atomic mass is 125. The molecular formula is C6H5IO. The Morgan fingerprint density at radius 2 is 1.88 bits per heavy atom. The Hall–Kier alpha value is -0.250. The fourth-order valence-corrected chi connectivity index (χ4v) is 0.839. The van der Waals surface area contributed by atoms with Crippen LogP contribution in [0.3, 0.4) is 0 Å². The summed E-state index contributed by atoms with van der Waals surface area (Å²) in [6.45, 7) is 0. The van der Waals surface area contributed by atoms with E-state index in [1.807, 2.05) is 12.1 Å². The first-order valence-corrected chi connectivity index (χ1v) is 3.32. The fourth-order valence-electron chi connectivity index (χ4n) is 0.452. The van der Waals surface area contributed by atoms with Gasteiger partial charge in [0.25, 0.3) is 0 Å². The molecule has 1 N–H and O–H groups in total. The Morgan fingerprint density at radius 1 is 1.25 bits per heavy atom. The zero-order chi connectivity index (χ0) is 5.98. The summed E-state index contributed by atoms with van der Waals surface area (Å²) in [5.41, 5.74) is 0. The number of hydrogen-bond donors (Lipinski definition) is 1. The zero-order valence-electron chi connectivity index (χ0n) is 4.13. The van der Waals surface area contributed by atoms with E-state index in [4.69, 9.17) is 5.11 Å². The molecule has 0 aliphatic carbocycles. The van der Waals surface area contributed by atoms with Gasteiger partial charge >= 0.3 is 0 Å². The lowest BCUT2D eigenvalue weighted by Crippen LogP contribution is -1.67. The third-order valence-corrected chi connectivity index (χ3v) is 1.76. The molecule has 0 amide bonds. The van der Waals surface area contributed by atoms with Crippen molar-refractivity contribution in [3.05, 3.63) is 27.8 Å². The van der Waals surface area contributed by atoms with Gasteiger partial charge in [-0.2, -0.15) is 0 Å². The highest BCUT2D eigenvalue weighted by Gasteiger charge is 1.89. The number of phenolic OH excluding ortho intramolecular Hbond substituents is 1. The number of para-hydroxylation sites is 1. The predicted molar refractivity (Wildman–Crippen MR) is 40.8 cm³/mol. The van der Waals surface area contributed by atoms with Crippen molar-refractivity contribution in [2.45, 2.75) is 0 Å². The number of rotatable bonds is 0. The van der Waals surface area contributed by atoms with Crippen LogP contribution in [0.2, 0.25) is 0 Å². The summed E-state index contributed by atoms with van der Waals surface area (Å²) in [5, 5.41) is 8.91. The molecule has 0 saturated carbocycles. The number of halogens is 1. The minimum atomic E-state index is 0.355. The van der Waals surface area contributed by atoms with Crippen LogP contribution >= 0.6 is 22.6 Å². The molecule has 42 valence electrons. The van der Waals surface area contributed by atoms with Crippen molar-refractivity contribution < 1.29 is 5.11 Å². The van der Waals surface area contributed by atoms with Crippen LogP contribution < -0.4 is 0 Å². The average molecular weight is 218 g/mol. The zero-order valence-corrected chi connectivity index (χ0v) is 6.29. The summed E-state index contributed by atoms with van der Waals surface area (Å²) in [4.78, 5) is 0. The van der Waals surface area contributed by atoms with E-state index in [1.54, 1.807) is 12.1 Å². The van der Waals surface area contributed by atoms with Gasteiger partial charge in [0.2, 0.25) is 0 Å². The lowest BCUT2D eigenvalue weighted by atomic mass is 10.3. The molecule has 0 atom stereocenters. The molecular weight excluding hydrogens is 213 g/mol. The Bertz CT molecular complexity index is 165. The van der Waals surface area contributed by atoms with E-state index in [0.29, 0.717) is 5.75 Å². The Labute approximate surface area is 61.5 Å². The summed E-state index contributed by atoms with van der Waals surface area (Å²) in [7, 11) is 0. The van der Waals surface area contributed by atoms with Crippen LogP contribution in [0.4, 0.5) is 0 Å². The van der Waals surface area contributed by atoms with E-state index in [2.05, 4.69) is 22.6 Å². The van der Waals surface area contributed by atoms with Gasteiger partial charge in [-0.05, 0) is 34.7 Å². The lowest BCUT2D eigenvalue weighted by Gasteiger charge is -1.90. The van der Waals surface area contributed by atoms with Crippen molar-refractivity contribution in [3.8, 4) is 5.75 Å². The fraction of sp³-hybridized carbons (Fsp3) is 0. The quantitative estimate of drug-likeness (QED) is 0.660. The minimum Gasteiger partial charge on any atom is -0.507 e. The number of benzene rings is 1. The van der Waals surface area contributed by atoms with Crippen LogP contribution in [0, 0.1) is 3.57 Å². The summed E-state index contributed by atoms with van der Waals surface area (Å²) in [6.07, 6.45) is 0. The molecule has 1 aromatic carbocycles. The highest BCUT2D eigenvalue weighted by Crippen LogP contribution is 2.16. The standard InChI is InChI=1S/C6H5IO/c7-5-3-1-2-4-6(5)8/h1-4,8H/i7-2. The average Bonchev–Trinajstić information content (AvgIpc) is 1.77. The summed E-state index contributed by atoms with van der Waals surface area (Å²) < 4.78 is 0.894. The van der Waals surface area contributed by atoms with Crippen LogP contribution in [-0.4, -0.2) is 5.11 Å². The molecule has 8 heavy (non-hydrogen) atoms. The summed E-state index contributed by atoms with van der Waals surface area (Å²) in [5.74, 6) is 0.355. The van der Waals surface area contributed by atoms with E-state index in [1.165, 1.54) is 0 Å². The molecule has 0 aromatic heterocycles. The smallest absolute Gasteiger partial charge is 0.128 e. The van der Waals surface area contributed by atoms with E-state index >= 15 is 0 Å². The van der Waals surface area contributed by atoms with Gasteiger partial charge in [-0.3, -0.25) is 0 Å². The first kappa shape index (κ1) is 5.88. The lowest BCUT2D eigenvalue weighted by molar-refractivity contribution is 0.471. The third-order valence-electron chi connectivity index (χ3n) is 0.852. The molecule has 0 heterocycles. The molecule has 0 unspecified atom stereocenters. The minimum absolute atomic E-state index is 0.355. The normalized spacial score (nSPS) is 9.12. The SMILES string of the molecule is Oc1ccccc1[125I]. The van der Waals surface area contributed by atoms with Gasteiger partial charge < -0.3 is 5.11 Å². The molecule has 0 radical (unpaired) electrons. The van der Waals surface area contributed by atoms with Crippen LogP contribution in [0.5, 0.6) is 5.75 Å². The molecule has 1 rings (SSSR count). The summed E-state index contributed by atoms with van der Waals surface area (Å²) in [6, 6.07) is 7.22. The van der Waals surface area contributed by atoms with E-state index in [-0.39, 0.29) is 0 Å². The predicted octanol–water partition coefficient (Wildman–Crippen LogP) is 2.00. The van der Waals surface area contributed by atoms with Crippen LogP contribution in [0.15, 0.2) is 24.3 Å². The Morgan fingerprint density at radius 3 is 2.25 bits per heavy atom. The second-order valence-corrected chi connectivity index (χ2v) is 2.61. The van der Waals surface area contributed by atoms with Crippen molar-refractivity contribution in [2.75, 3.05) is 0 Å². The topological polar surface area (TPSA) is 20.2 Å². The first-order valence-electron chi connectivity index (χ1n) is 2.24. The molecule has 0 fully saturated rings. The van der Waals surface area contributed by atoms with Crippen molar-refractivity contribution in [2.24, 2.45) is 0 Å². The molecule has 0 aliphatic heterocycles. The second kappa shape index (κ2) is 2.35. The Kier molecular flexibility index (Phi) is 1.73. The molecule has 0 saturated heterocycles. The maximum atomic E-state index is 8.91. The monoisotopic (exact) mass is 218 g/mol. The van der Waals surface area contributed by atoms with Gasteiger partial charge in [-0.1, -0.05) is 12.1 Å². The van der Waals surface area contributed by atoms with E-state index in [0.717, 1.165) is 3.57 Å². The largest absolute Gasteiger partial charge is 0.507 e. The third kappa shape index (κ3) is 1.12. The number of hydrogen-bond acceptors (Lipinski definition) is 1. The molecule has 1 nitrogen and oxygen atoms in total. The van der Waals surface area contributed by atoms with Crippen LogP contribution in [0.25, 0.3) is 0 Å². The number of aromatic hydroxyl groups is 1. The Balaban J connectivity index is 3.13. The van der Waals surface area contributed by atoms with E-state index in [9.17, 15) is 0 Å².